The Bertz CT molecular complexity index is 817. The van der Waals surface area contributed by atoms with Crippen molar-refractivity contribution in [2.75, 3.05) is 26.3 Å². The molecular formula is C20H19N3O3. The van der Waals surface area contributed by atoms with Crippen LogP contribution >= 0.6 is 0 Å². The van der Waals surface area contributed by atoms with Gasteiger partial charge in [-0.25, -0.2) is 0 Å². The van der Waals surface area contributed by atoms with Crippen molar-refractivity contribution >= 4 is 11.8 Å². The van der Waals surface area contributed by atoms with E-state index in [9.17, 15) is 9.59 Å². The van der Waals surface area contributed by atoms with E-state index in [0.717, 1.165) is 5.56 Å². The van der Waals surface area contributed by atoms with Gasteiger partial charge in [-0.15, -0.1) is 0 Å². The molecule has 132 valence electrons. The summed E-state index contributed by atoms with van der Waals surface area (Å²) >= 11 is 0. The zero-order valence-electron chi connectivity index (χ0n) is 14.3. The van der Waals surface area contributed by atoms with Gasteiger partial charge in [0.05, 0.1) is 24.8 Å². The summed E-state index contributed by atoms with van der Waals surface area (Å²) in [5.74, 6) is -0.204. The minimum absolute atomic E-state index is 0.00136. The molecule has 0 radical (unpaired) electrons. The number of amides is 2. The molecule has 0 spiro atoms. The molecule has 2 amide bonds. The molecule has 0 saturated carbocycles. The number of ether oxygens (including phenoxy) is 1. The number of rotatable bonds is 4. The van der Waals surface area contributed by atoms with Crippen LogP contribution in [0.15, 0.2) is 48.5 Å². The summed E-state index contributed by atoms with van der Waals surface area (Å²) in [6.07, 6.45) is 0. The van der Waals surface area contributed by atoms with E-state index in [1.807, 2.05) is 18.2 Å². The minimum atomic E-state index is -0.206. The van der Waals surface area contributed by atoms with Crippen molar-refractivity contribution in [2.24, 2.45) is 0 Å². The smallest absolute Gasteiger partial charge is 0.254 e. The average molecular weight is 349 g/mol. The maximum absolute atomic E-state index is 12.4. The molecule has 0 aromatic heterocycles. The molecule has 26 heavy (non-hydrogen) atoms. The van der Waals surface area contributed by atoms with Crippen LogP contribution < -0.4 is 5.32 Å². The third-order valence-electron chi connectivity index (χ3n) is 4.23. The Labute approximate surface area is 152 Å². The Hall–Kier alpha value is -3.17. The van der Waals surface area contributed by atoms with Crippen LogP contribution in [0.2, 0.25) is 0 Å². The molecule has 3 rings (SSSR count). The predicted molar refractivity (Wildman–Crippen MR) is 95.5 cm³/mol. The molecule has 0 aliphatic carbocycles. The van der Waals surface area contributed by atoms with Gasteiger partial charge in [0.2, 0.25) is 0 Å². The maximum Gasteiger partial charge on any atom is 0.254 e. The highest BCUT2D eigenvalue weighted by Gasteiger charge is 2.18. The molecule has 1 heterocycles. The zero-order chi connectivity index (χ0) is 18.4. The number of nitriles is 1. The van der Waals surface area contributed by atoms with Gasteiger partial charge in [-0.2, -0.15) is 5.26 Å². The van der Waals surface area contributed by atoms with Crippen molar-refractivity contribution in [3.8, 4) is 6.07 Å². The van der Waals surface area contributed by atoms with Crippen LogP contribution in [0.3, 0.4) is 0 Å². The molecule has 2 aromatic rings. The van der Waals surface area contributed by atoms with Crippen molar-refractivity contribution in [3.05, 3.63) is 70.8 Å². The number of benzene rings is 2. The second kappa shape index (κ2) is 8.28. The second-order valence-electron chi connectivity index (χ2n) is 5.97. The summed E-state index contributed by atoms with van der Waals surface area (Å²) in [6.45, 7) is 2.74. The van der Waals surface area contributed by atoms with Crippen LogP contribution in [0.5, 0.6) is 0 Å². The largest absolute Gasteiger partial charge is 0.378 e. The lowest BCUT2D eigenvalue weighted by Crippen LogP contribution is -2.40. The minimum Gasteiger partial charge on any atom is -0.378 e. The van der Waals surface area contributed by atoms with Crippen molar-refractivity contribution in [1.82, 2.24) is 10.2 Å². The first-order valence-electron chi connectivity index (χ1n) is 8.42. The standard InChI is InChI=1S/C20H19N3O3/c21-13-15-1-5-17(6-2-15)19(24)22-14-16-3-7-18(8-4-16)20(25)23-9-11-26-12-10-23/h1-8H,9-12,14H2,(H,22,24). The van der Waals surface area contributed by atoms with Gasteiger partial charge in [0.1, 0.15) is 0 Å². The fraction of sp³-hybridized carbons (Fsp3) is 0.250. The van der Waals surface area contributed by atoms with E-state index in [1.165, 1.54) is 0 Å². The van der Waals surface area contributed by atoms with Crippen molar-refractivity contribution in [2.45, 2.75) is 6.54 Å². The van der Waals surface area contributed by atoms with E-state index in [-0.39, 0.29) is 11.8 Å². The van der Waals surface area contributed by atoms with E-state index >= 15 is 0 Å². The van der Waals surface area contributed by atoms with Crippen LogP contribution in [-0.4, -0.2) is 43.0 Å². The van der Waals surface area contributed by atoms with Gasteiger partial charge in [-0.3, -0.25) is 9.59 Å². The fourth-order valence-electron chi connectivity index (χ4n) is 2.69. The molecule has 1 aliphatic heterocycles. The fourth-order valence-corrected chi connectivity index (χ4v) is 2.69. The molecule has 2 aromatic carbocycles. The van der Waals surface area contributed by atoms with E-state index in [4.69, 9.17) is 10.00 Å². The van der Waals surface area contributed by atoms with Gasteiger partial charge in [-0.1, -0.05) is 12.1 Å². The van der Waals surface area contributed by atoms with E-state index in [1.54, 1.807) is 41.3 Å². The van der Waals surface area contributed by atoms with Crippen LogP contribution in [0.25, 0.3) is 0 Å². The summed E-state index contributed by atoms with van der Waals surface area (Å²) in [6, 6.07) is 15.7. The lowest BCUT2D eigenvalue weighted by molar-refractivity contribution is 0.0303. The number of hydrogen-bond acceptors (Lipinski definition) is 4. The van der Waals surface area contributed by atoms with Gasteiger partial charge >= 0.3 is 0 Å². The molecule has 1 fully saturated rings. The quantitative estimate of drug-likeness (QED) is 0.915. The van der Waals surface area contributed by atoms with Crippen molar-refractivity contribution in [1.29, 1.82) is 5.26 Å². The Morgan fingerprint density at radius 2 is 1.62 bits per heavy atom. The lowest BCUT2D eigenvalue weighted by Gasteiger charge is -2.26. The van der Waals surface area contributed by atoms with Gasteiger partial charge in [0.15, 0.2) is 0 Å². The first kappa shape index (κ1) is 17.6. The van der Waals surface area contributed by atoms with Crippen LogP contribution in [0, 0.1) is 11.3 Å². The van der Waals surface area contributed by atoms with Crippen molar-refractivity contribution < 1.29 is 14.3 Å². The van der Waals surface area contributed by atoms with E-state index < -0.39 is 0 Å². The highest BCUT2D eigenvalue weighted by Crippen LogP contribution is 2.10. The summed E-state index contributed by atoms with van der Waals surface area (Å²) in [4.78, 5) is 26.3. The Morgan fingerprint density at radius 1 is 1.00 bits per heavy atom. The number of nitrogens with one attached hydrogen (secondary N) is 1. The molecule has 1 N–H and O–H groups in total. The predicted octanol–water partition coefficient (Wildman–Crippen LogP) is 1.96. The highest BCUT2D eigenvalue weighted by molar-refractivity contribution is 5.95. The maximum atomic E-state index is 12.4. The Balaban J connectivity index is 1.56. The monoisotopic (exact) mass is 349 g/mol. The van der Waals surface area contributed by atoms with Gasteiger partial charge in [-0.05, 0) is 42.0 Å². The molecule has 6 nitrogen and oxygen atoms in total. The number of nitrogens with zero attached hydrogens (tertiary/aromatic N) is 2. The molecule has 1 saturated heterocycles. The van der Waals surface area contributed by atoms with Gasteiger partial charge < -0.3 is 15.0 Å². The number of carbonyl (C=O) groups is 2. The first-order valence-corrected chi connectivity index (χ1v) is 8.42. The van der Waals surface area contributed by atoms with Gasteiger partial charge in [0.25, 0.3) is 11.8 Å². The SMILES string of the molecule is N#Cc1ccc(C(=O)NCc2ccc(C(=O)N3CCOCC3)cc2)cc1. The average Bonchev–Trinajstić information content (AvgIpc) is 2.72. The summed E-state index contributed by atoms with van der Waals surface area (Å²) in [5.41, 5.74) is 2.56. The number of carbonyl (C=O) groups excluding carboxylic acids is 2. The molecule has 1 aliphatic rings. The van der Waals surface area contributed by atoms with Crippen LogP contribution in [-0.2, 0) is 11.3 Å². The summed E-state index contributed by atoms with van der Waals surface area (Å²) in [5, 5.41) is 11.6. The van der Waals surface area contributed by atoms with E-state index in [0.29, 0.717) is 49.5 Å². The molecular weight excluding hydrogens is 330 g/mol. The van der Waals surface area contributed by atoms with Crippen molar-refractivity contribution in [3.63, 3.8) is 0 Å². The molecule has 0 atom stereocenters. The normalized spacial score (nSPS) is 13.7. The topological polar surface area (TPSA) is 82.4 Å². The van der Waals surface area contributed by atoms with Crippen LogP contribution in [0.4, 0.5) is 0 Å². The second-order valence-corrected chi connectivity index (χ2v) is 5.97. The molecule has 0 bridgehead atoms. The van der Waals surface area contributed by atoms with E-state index in [2.05, 4.69) is 5.32 Å². The van der Waals surface area contributed by atoms with Crippen LogP contribution in [0.1, 0.15) is 31.8 Å². The highest BCUT2D eigenvalue weighted by atomic mass is 16.5. The third-order valence-corrected chi connectivity index (χ3v) is 4.23. The Morgan fingerprint density at radius 3 is 2.23 bits per heavy atom. The van der Waals surface area contributed by atoms with Gasteiger partial charge in [0, 0.05) is 30.8 Å². The third kappa shape index (κ3) is 4.26. The lowest BCUT2D eigenvalue weighted by atomic mass is 10.1. The first-order chi connectivity index (χ1) is 12.7. The number of morpholine rings is 1. The molecule has 0 unspecified atom stereocenters. The zero-order valence-corrected chi connectivity index (χ0v) is 14.3. The number of hydrogen-bond donors (Lipinski definition) is 1. The molecule has 6 heteroatoms. The Kier molecular flexibility index (Phi) is 5.62. The summed E-state index contributed by atoms with van der Waals surface area (Å²) < 4.78 is 5.26. The summed E-state index contributed by atoms with van der Waals surface area (Å²) in [7, 11) is 0.